The van der Waals surface area contributed by atoms with Gasteiger partial charge in [-0.05, 0) is 44.9 Å². The SMILES string of the molecule is CCCCCCCCCCC/C=C/CC/C=C/CC/C=C/C(O)C(COP(=O)([O-])OCC[N+](C)(C)C)NC(=O)CCCCCCCCCC. The number of likely N-dealkylation sites (N-methyl/N-ethyl adjacent to an activating group) is 1. The molecule has 9 heteroatoms. The molecule has 0 rings (SSSR count). The summed E-state index contributed by atoms with van der Waals surface area (Å²) in [6.45, 7) is 4.56. The van der Waals surface area contributed by atoms with Crippen molar-refractivity contribution in [2.75, 3.05) is 40.9 Å². The number of aliphatic hydroxyl groups excluding tert-OH is 1. The number of aliphatic hydroxyl groups is 1. The van der Waals surface area contributed by atoms with Crippen molar-refractivity contribution in [1.29, 1.82) is 0 Å². The highest BCUT2D eigenvalue weighted by molar-refractivity contribution is 7.45. The molecule has 8 nitrogen and oxygen atoms in total. The van der Waals surface area contributed by atoms with E-state index in [4.69, 9.17) is 9.05 Å². The summed E-state index contributed by atoms with van der Waals surface area (Å²) in [6, 6.07) is -0.903. The molecule has 49 heavy (non-hydrogen) atoms. The topological polar surface area (TPSA) is 108 Å². The standard InChI is InChI=1S/C40H77N2O6P/c1-6-8-10-12-14-16-17-18-19-20-21-22-23-24-25-26-27-29-31-33-39(43)38(37-48-49(45,46)47-36-35-42(3,4)5)41-40(44)34-32-30-28-15-13-11-9-7-2/h21-22,25-26,31,33,38-39,43H,6-20,23-24,27-30,32,34-37H2,1-5H3,(H-,41,44,45,46)/b22-21+,26-25+,33-31+. The molecule has 2 N–H and O–H groups in total. The Morgan fingerprint density at radius 2 is 1.14 bits per heavy atom. The molecule has 3 unspecified atom stereocenters. The number of allylic oxidation sites excluding steroid dienone is 5. The smallest absolute Gasteiger partial charge is 0.268 e. The van der Waals surface area contributed by atoms with Gasteiger partial charge in [-0.3, -0.25) is 9.36 Å². The van der Waals surface area contributed by atoms with Crippen LogP contribution in [0.2, 0.25) is 0 Å². The molecular weight excluding hydrogens is 635 g/mol. The first-order valence-electron chi connectivity index (χ1n) is 19.9. The summed E-state index contributed by atoms with van der Waals surface area (Å²) >= 11 is 0. The Morgan fingerprint density at radius 1 is 0.694 bits per heavy atom. The summed E-state index contributed by atoms with van der Waals surface area (Å²) < 4.78 is 23.0. The molecule has 1 amide bonds. The molecule has 0 spiro atoms. The van der Waals surface area contributed by atoms with E-state index in [1.165, 1.54) is 96.3 Å². The van der Waals surface area contributed by atoms with Gasteiger partial charge < -0.3 is 28.8 Å². The van der Waals surface area contributed by atoms with Gasteiger partial charge in [-0.15, -0.1) is 0 Å². The summed E-state index contributed by atoms with van der Waals surface area (Å²) in [4.78, 5) is 25.1. The molecule has 0 bridgehead atoms. The minimum absolute atomic E-state index is 0.00856. The number of phosphoric acid groups is 1. The largest absolute Gasteiger partial charge is 0.756 e. The van der Waals surface area contributed by atoms with Crippen LogP contribution in [0.4, 0.5) is 0 Å². The predicted octanol–water partition coefficient (Wildman–Crippen LogP) is 9.72. The van der Waals surface area contributed by atoms with Gasteiger partial charge >= 0.3 is 0 Å². The molecule has 0 heterocycles. The molecule has 0 radical (unpaired) electrons. The third-order valence-electron chi connectivity index (χ3n) is 8.58. The van der Waals surface area contributed by atoms with E-state index in [0.717, 1.165) is 44.9 Å². The van der Waals surface area contributed by atoms with Crippen LogP contribution in [0.1, 0.15) is 162 Å². The van der Waals surface area contributed by atoms with E-state index in [1.807, 2.05) is 27.2 Å². The number of phosphoric ester groups is 1. The number of hydrogen-bond acceptors (Lipinski definition) is 6. The van der Waals surface area contributed by atoms with Crippen molar-refractivity contribution in [3.05, 3.63) is 36.5 Å². The lowest BCUT2D eigenvalue weighted by atomic mass is 10.1. The van der Waals surface area contributed by atoms with Crippen LogP contribution >= 0.6 is 7.82 Å². The van der Waals surface area contributed by atoms with Crippen molar-refractivity contribution in [2.45, 2.75) is 174 Å². The third kappa shape index (κ3) is 34.9. The first-order chi connectivity index (χ1) is 23.5. The van der Waals surface area contributed by atoms with E-state index in [2.05, 4.69) is 43.5 Å². The molecular formula is C40H77N2O6P. The van der Waals surface area contributed by atoms with Gasteiger partial charge in [-0.1, -0.05) is 147 Å². The minimum Gasteiger partial charge on any atom is -0.756 e. The molecule has 288 valence electrons. The molecule has 3 atom stereocenters. The van der Waals surface area contributed by atoms with Gasteiger partial charge in [-0.25, -0.2) is 0 Å². The van der Waals surface area contributed by atoms with Crippen LogP contribution < -0.4 is 10.2 Å². The van der Waals surface area contributed by atoms with Crippen molar-refractivity contribution in [2.24, 2.45) is 0 Å². The van der Waals surface area contributed by atoms with E-state index >= 15 is 0 Å². The zero-order chi connectivity index (χ0) is 36.5. The fourth-order valence-corrected chi connectivity index (χ4v) is 6.08. The molecule has 0 saturated carbocycles. The summed E-state index contributed by atoms with van der Waals surface area (Å²) in [6.07, 6.45) is 37.7. The Hall–Kier alpha value is -1.28. The third-order valence-corrected chi connectivity index (χ3v) is 9.54. The van der Waals surface area contributed by atoms with Crippen LogP contribution in [0.25, 0.3) is 0 Å². The first kappa shape index (κ1) is 47.7. The van der Waals surface area contributed by atoms with Crippen molar-refractivity contribution in [3.8, 4) is 0 Å². The number of carbonyl (C=O) groups is 1. The van der Waals surface area contributed by atoms with Crippen LogP contribution in [0.5, 0.6) is 0 Å². The highest BCUT2D eigenvalue weighted by atomic mass is 31.2. The maximum Gasteiger partial charge on any atom is 0.268 e. The molecule has 0 fully saturated rings. The van der Waals surface area contributed by atoms with Crippen LogP contribution in [0, 0.1) is 0 Å². The summed E-state index contributed by atoms with van der Waals surface area (Å²) in [5, 5.41) is 13.6. The Bertz CT molecular complexity index is 902. The summed E-state index contributed by atoms with van der Waals surface area (Å²) in [7, 11) is 1.23. The summed E-state index contributed by atoms with van der Waals surface area (Å²) in [5.41, 5.74) is 0. The van der Waals surface area contributed by atoms with Crippen LogP contribution in [-0.2, 0) is 18.4 Å². The van der Waals surface area contributed by atoms with Crippen molar-refractivity contribution in [3.63, 3.8) is 0 Å². The maximum absolute atomic E-state index is 12.7. The van der Waals surface area contributed by atoms with Gasteiger partial charge in [0, 0.05) is 6.42 Å². The van der Waals surface area contributed by atoms with Gasteiger partial charge in [0.05, 0.1) is 39.9 Å². The Balaban J connectivity index is 4.51. The van der Waals surface area contributed by atoms with Crippen molar-refractivity contribution >= 4 is 13.7 Å². The maximum atomic E-state index is 12.7. The van der Waals surface area contributed by atoms with Crippen molar-refractivity contribution in [1.82, 2.24) is 5.32 Å². The average Bonchev–Trinajstić information content (AvgIpc) is 3.04. The number of nitrogens with one attached hydrogen (secondary N) is 1. The van der Waals surface area contributed by atoms with E-state index in [1.54, 1.807) is 6.08 Å². The zero-order valence-electron chi connectivity index (χ0n) is 32.4. The van der Waals surface area contributed by atoms with Gasteiger partial charge in [-0.2, -0.15) is 0 Å². The normalized spacial score (nSPS) is 15.0. The van der Waals surface area contributed by atoms with Crippen molar-refractivity contribution < 1.29 is 32.9 Å². The number of unbranched alkanes of at least 4 members (excludes halogenated alkanes) is 18. The highest BCUT2D eigenvalue weighted by Crippen LogP contribution is 2.38. The number of rotatable bonds is 35. The molecule has 0 aliphatic carbocycles. The fourth-order valence-electron chi connectivity index (χ4n) is 5.36. The Morgan fingerprint density at radius 3 is 1.65 bits per heavy atom. The number of quaternary nitrogens is 1. The average molecular weight is 713 g/mol. The Kier molecular flexibility index (Phi) is 31.8. The highest BCUT2D eigenvalue weighted by Gasteiger charge is 2.23. The quantitative estimate of drug-likeness (QED) is 0.0293. The lowest BCUT2D eigenvalue weighted by Crippen LogP contribution is -2.45. The molecule has 0 saturated heterocycles. The van der Waals surface area contributed by atoms with Gasteiger partial charge in [0.1, 0.15) is 13.2 Å². The molecule has 0 aromatic carbocycles. The first-order valence-corrected chi connectivity index (χ1v) is 21.3. The van der Waals surface area contributed by atoms with Crippen LogP contribution in [0.3, 0.4) is 0 Å². The second-order valence-electron chi connectivity index (χ2n) is 14.6. The van der Waals surface area contributed by atoms with E-state index in [-0.39, 0.29) is 12.5 Å². The molecule has 0 aliphatic heterocycles. The minimum atomic E-state index is -4.59. The van der Waals surface area contributed by atoms with Crippen LogP contribution in [0.15, 0.2) is 36.5 Å². The lowest BCUT2D eigenvalue weighted by Gasteiger charge is -2.29. The molecule has 0 aromatic heterocycles. The monoisotopic (exact) mass is 713 g/mol. The molecule has 0 aromatic rings. The zero-order valence-corrected chi connectivity index (χ0v) is 33.3. The summed E-state index contributed by atoms with van der Waals surface area (Å²) in [5.74, 6) is -0.219. The van der Waals surface area contributed by atoms with E-state index in [0.29, 0.717) is 17.4 Å². The lowest BCUT2D eigenvalue weighted by molar-refractivity contribution is -0.870. The second kappa shape index (κ2) is 32.6. The Labute approximate surface area is 302 Å². The number of amides is 1. The number of hydrogen-bond donors (Lipinski definition) is 2. The van der Waals surface area contributed by atoms with Crippen LogP contribution in [-0.4, -0.2) is 68.5 Å². The number of nitrogens with zero attached hydrogens (tertiary/aromatic N) is 1. The fraction of sp³-hybridized carbons (Fsp3) is 0.825. The number of carbonyl (C=O) groups excluding carboxylic acids is 1. The second-order valence-corrected chi connectivity index (χ2v) is 16.0. The van der Waals surface area contributed by atoms with Gasteiger partial charge in [0.25, 0.3) is 7.82 Å². The van der Waals surface area contributed by atoms with E-state index in [9.17, 15) is 19.4 Å². The predicted molar refractivity (Wildman–Crippen MR) is 205 cm³/mol. The van der Waals surface area contributed by atoms with Gasteiger partial charge in [0.2, 0.25) is 5.91 Å². The molecule has 0 aliphatic rings. The van der Waals surface area contributed by atoms with Gasteiger partial charge in [0.15, 0.2) is 0 Å². The van der Waals surface area contributed by atoms with E-state index < -0.39 is 26.6 Å².